The summed E-state index contributed by atoms with van der Waals surface area (Å²) >= 11 is 0. The lowest BCUT2D eigenvalue weighted by molar-refractivity contribution is 0.101. The minimum absolute atomic E-state index is 0.0528. The quantitative estimate of drug-likeness (QED) is 0.782. The molecule has 0 saturated heterocycles. The number of aryl methyl sites for hydroxylation is 1. The first-order valence-electron chi connectivity index (χ1n) is 6.95. The summed E-state index contributed by atoms with van der Waals surface area (Å²) in [6.07, 6.45) is 5.75. The van der Waals surface area contributed by atoms with Gasteiger partial charge < -0.3 is 4.90 Å². The van der Waals surface area contributed by atoms with E-state index in [9.17, 15) is 4.79 Å². The predicted octanol–water partition coefficient (Wildman–Crippen LogP) is 3.33. The fourth-order valence-electron chi connectivity index (χ4n) is 2.76. The summed E-state index contributed by atoms with van der Waals surface area (Å²) in [5.41, 5.74) is 5.50. The van der Waals surface area contributed by atoms with Crippen molar-refractivity contribution in [2.75, 3.05) is 18.5 Å². The van der Waals surface area contributed by atoms with Crippen LogP contribution >= 0.6 is 0 Å². The first kappa shape index (κ1) is 12.9. The Morgan fingerprint density at radius 2 is 2.05 bits per heavy atom. The average molecular weight is 266 g/mol. The Bertz CT molecular complexity index is 664. The van der Waals surface area contributed by atoms with Gasteiger partial charge in [-0.05, 0) is 49.1 Å². The molecule has 0 radical (unpaired) electrons. The lowest BCUT2D eigenvalue weighted by Gasteiger charge is -2.27. The molecule has 0 amide bonds. The molecule has 0 bridgehead atoms. The van der Waals surface area contributed by atoms with Crippen molar-refractivity contribution < 1.29 is 4.79 Å². The zero-order valence-corrected chi connectivity index (χ0v) is 11.9. The van der Waals surface area contributed by atoms with Crippen molar-refractivity contribution in [1.29, 1.82) is 0 Å². The van der Waals surface area contributed by atoms with Crippen LogP contribution in [0.3, 0.4) is 0 Å². The Labute approximate surface area is 119 Å². The Morgan fingerprint density at radius 3 is 2.85 bits per heavy atom. The zero-order chi connectivity index (χ0) is 14.1. The number of anilines is 1. The maximum absolute atomic E-state index is 11.5. The molecule has 3 rings (SSSR count). The first-order valence-corrected chi connectivity index (χ1v) is 6.95. The Kier molecular flexibility index (Phi) is 3.26. The van der Waals surface area contributed by atoms with E-state index in [1.54, 1.807) is 13.1 Å². The zero-order valence-electron chi connectivity index (χ0n) is 11.9. The maximum Gasteiger partial charge on any atom is 0.161 e. The van der Waals surface area contributed by atoms with Crippen molar-refractivity contribution in [1.82, 2.24) is 4.98 Å². The van der Waals surface area contributed by atoms with Crippen molar-refractivity contribution in [2.24, 2.45) is 0 Å². The van der Waals surface area contributed by atoms with Gasteiger partial charge in [0.05, 0.1) is 0 Å². The number of hydrogen-bond donors (Lipinski definition) is 0. The van der Waals surface area contributed by atoms with Gasteiger partial charge in [0.25, 0.3) is 0 Å². The third-order valence-electron chi connectivity index (χ3n) is 3.91. The molecular formula is C17H18N2O. The summed E-state index contributed by atoms with van der Waals surface area (Å²) in [5, 5.41) is 0. The van der Waals surface area contributed by atoms with Crippen LogP contribution in [0.5, 0.6) is 0 Å². The van der Waals surface area contributed by atoms with Gasteiger partial charge in [-0.1, -0.05) is 6.07 Å². The van der Waals surface area contributed by atoms with Gasteiger partial charge in [0.2, 0.25) is 0 Å². The second-order valence-electron chi connectivity index (χ2n) is 5.39. The lowest BCUT2D eigenvalue weighted by atomic mass is 9.96. The van der Waals surface area contributed by atoms with E-state index in [-0.39, 0.29) is 5.78 Å². The van der Waals surface area contributed by atoms with Gasteiger partial charge >= 0.3 is 0 Å². The molecule has 0 aliphatic carbocycles. The average Bonchev–Trinajstić information content (AvgIpc) is 2.47. The van der Waals surface area contributed by atoms with Gasteiger partial charge in [-0.2, -0.15) is 0 Å². The Hall–Kier alpha value is -2.16. The van der Waals surface area contributed by atoms with E-state index >= 15 is 0 Å². The summed E-state index contributed by atoms with van der Waals surface area (Å²) in [7, 11) is 2.13. The molecule has 0 saturated carbocycles. The number of nitrogens with zero attached hydrogens (tertiary/aromatic N) is 2. The predicted molar refractivity (Wildman–Crippen MR) is 81.3 cm³/mol. The number of hydrogen-bond acceptors (Lipinski definition) is 3. The highest BCUT2D eigenvalue weighted by atomic mass is 16.1. The first-order chi connectivity index (χ1) is 9.65. The van der Waals surface area contributed by atoms with E-state index in [1.165, 1.54) is 17.7 Å². The molecule has 2 heterocycles. The number of carbonyl (C=O) groups excluding carboxylic acids is 1. The molecule has 0 spiro atoms. The van der Waals surface area contributed by atoms with Crippen LogP contribution in [-0.2, 0) is 6.42 Å². The third kappa shape index (κ3) is 2.31. The van der Waals surface area contributed by atoms with Crippen LogP contribution in [0.1, 0.15) is 29.3 Å². The molecule has 3 heteroatoms. The summed E-state index contributed by atoms with van der Waals surface area (Å²) in [4.78, 5) is 17.9. The highest BCUT2D eigenvalue weighted by Crippen LogP contribution is 2.30. The van der Waals surface area contributed by atoms with Gasteiger partial charge in [-0.15, -0.1) is 0 Å². The smallest absolute Gasteiger partial charge is 0.161 e. The maximum atomic E-state index is 11.5. The standard InChI is InChI=1S/C17H18N2O/c1-12(20)15-9-16(11-18-10-15)13-5-6-17-14(8-13)4-3-7-19(17)2/h5-6,8-11H,3-4,7H2,1-2H3. The normalized spacial score (nSPS) is 14.0. The molecule has 1 aromatic carbocycles. The SMILES string of the molecule is CC(=O)c1cncc(-c2ccc3c(c2)CCCN3C)c1. The Balaban J connectivity index is 2.03. The molecule has 0 fully saturated rings. The van der Waals surface area contributed by atoms with E-state index in [4.69, 9.17) is 0 Å². The summed E-state index contributed by atoms with van der Waals surface area (Å²) in [6, 6.07) is 8.43. The van der Waals surface area contributed by atoms with Crippen LogP contribution in [0.25, 0.3) is 11.1 Å². The second kappa shape index (κ2) is 5.08. The van der Waals surface area contributed by atoms with E-state index < -0.39 is 0 Å². The Morgan fingerprint density at radius 1 is 1.20 bits per heavy atom. The fourth-order valence-corrected chi connectivity index (χ4v) is 2.76. The molecule has 1 aliphatic rings. The molecule has 2 aromatic rings. The number of pyridine rings is 1. The molecule has 0 unspecified atom stereocenters. The summed E-state index contributed by atoms with van der Waals surface area (Å²) in [5.74, 6) is 0.0528. The molecule has 102 valence electrons. The summed E-state index contributed by atoms with van der Waals surface area (Å²) in [6.45, 7) is 2.69. The number of benzene rings is 1. The number of carbonyl (C=O) groups is 1. The van der Waals surface area contributed by atoms with E-state index in [0.717, 1.165) is 24.1 Å². The minimum Gasteiger partial charge on any atom is -0.374 e. The van der Waals surface area contributed by atoms with Gasteiger partial charge in [0.15, 0.2) is 5.78 Å². The molecule has 20 heavy (non-hydrogen) atoms. The lowest BCUT2D eigenvalue weighted by Crippen LogP contribution is -2.24. The van der Waals surface area contributed by atoms with Crippen LogP contribution in [-0.4, -0.2) is 24.4 Å². The van der Waals surface area contributed by atoms with E-state index in [1.807, 2.05) is 12.3 Å². The van der Waals surface area contributed by atoms with Crippen molar-refractivity contribution in [3.05, 3.63) is 47.8 Å². The number of aromatic nitrogens is 1. The summed E-state index contributed by atoms with van der Waals surface area (Å²) < 4.78 is 0. The van der Waals surface area contributed by atoms with Crippen LogP contribution < -0.4 is 4.90 Å². The molecule has 3 nitrogen and oxygen atoms in total. The van der Waals surface area contributed by atoms with Crippen LogP contribution in [0.4, 0.5) is 5.69 Å². The van der Waals surface area contributed by atoms with Crippen molar-refractivity contribution in [2.45, 2.75) is 19.8 Å². The monoisotopic (exact) mass is 266 g/mol. The van der Waals surface area contributed by atoms with E-state index in [2.05, 4.69) is 35.1 Å². The van der Waals surface area contributed by atoms with Gasteiger partial charge in [-0.25, -0.2) is 0 Å². The van der Waals surface area contributed by atoms with Gasteiger partial charge in [-0.3, -0.25) is 9.78 Å². The van der Waals surface area contributed by atoms with Crippen molar-refractivity contribution in [3.63, 3.8) is 0 Å². The van der Waals surface area contributed by atoms with Gasteiger partial charge in [0, 0.05) is 42.8 Å². The number of Topliss-reactive ketones (excluding diaryl/α,β-unsaturated/α-hetero) is 1. The van der Waals surface area contributed by atoms with Crippen molar-refractivity contribution in [3.8, 4) is 11.1 Å². The molecule has 0 N–H and O–H groups in total. The fraction of sp³-hybridized carbons (Fsp3) is 0.294. The number of fused-ring (bicyclic) bond motifs is 1. The minimum atomic E-state index is 0.0528. The highest BCUT2D eigenvalue weighted by Gasteiger charge is 2.14. The molecule has 0 atom stereocenters. The van der Waals surface area contributed by atoms with Crippen molar-refractivity contribution >= 4 is 11.5 Å². The van der Waals surface area contributed by atoms with E-state index in [0.29, 0.717) is 5.56 Å². The topological polar surface area (TPSA) is 33.2 Å². The highest BCUT2D eigenvalue weighted by molar-refractivity contribution is 5.94. The third-order valence-corrected chi connectivity index (χ3v) is 3.91. The van der Waals surface area contributed by atoms with Gasteiger partial charge in [0.1, 0.15) is 0 Å². The molecule has 1 aromatic heterocycles. The largest absolute Gasteiger partial charge is 0.374 e. The second-order valence-corrected chi connectivity index (χ2v) is 5.39. The van der Waals surface area contributed by atoms with Crippen LogP contribution in [0.15, 0.2) is 36.7 Å². The molecule has 1 aliphatic heterocycles. The number of ketones is 1. The molecular weight excluding hydrogens is 248 g/mol. The van der Waals surface area contributed by atoms with Crippen LogP contribution in [0, 0.1) is 0 Å². The van der Waals surface area contributed by atoms with Crippen LogP contribution in [0.2, 0.25) is 0 Å². The number of rotatable bonds is 2.